The van der Waals surface area contributed by atoms with Crippen molar-refractivity contribution in [1.29, 1.82) is 0 Å². The molecule has 0 amide bonds. The van der Waals surface area contributed by atoms with Crippen molar-refractivity contribution in [3.05, 3.63) is 234 Å². The molecule has 11 aromatic rings. The van der Waals surface area contributed by atoms with E-state index in [1.807, 2.05) is 0 Å². The zero-order valence-corrected chi connectivity index (χ0v) is 50.3. The minimum absolute atomic E-state index is 0.0613. The summed E-state index contributed by atoms with van der Waals surface area (Å²) in [5.74, 6) is 0. The molecule has 0 atom stereocenters. The Labute approximate surface area is 495 Å². The molecule has 0 fully saturated rings. The molecule has 2 aliphatic rings. The molecule has 1 nitrogen and oxygen atoms in total. The summed E-state index contributed by atoms with van der Waals surface area (Å²) < 4.78 is 0. The number of unbranched alkanes of at least 4 members (excludes halogenated alkanes) is 8. The van der Waals surface area contributed by atoms with Crippen LogP contribution in [-0.4, -0.2) is 0 Å². The van der Waals surface area contributed by atoms with Crippen LogP contribution in [0.1, 0.15) is 164 Å². The van der Waals surface area contributed by atoms with Gasteiger partial charge in [0.25, 0.3) is 0 Å². The number of rotatable bonds is 21. The summed E-state index contributed by atoms with van der Waals surface area (Å²) in [6.07, 6.45) is 19.4. The Hall–Kier alpha value is -7.74. The average molecular weight is 1080 g/mol. The van der Waals surface area contributed by atoms with Gasteiger partial charge in [0.1, 0.15) is 0 Å². The van der Waals surface area contributed by atoms with Crippen LogP contribution in [0.3, 0.4) is 0 Å². The van der Waals surface area contributed by atoms with E-state index < -0.39 is 0 Å². The van der Waals surface area contributed by atoms with Gasteiger partial charge in [0.05, 0.1) is 11.4 Å². The standard InChI is InChI=1S/C82H83N/c1-7-11-15-27-51-82(52-28-16-12-8-2)75-54-59(41-44-64(75)65-45-43-60(55-76(65)82)83(77-47-39-56(5)61-29-17-19-32-66(61)77)78-48-40-57(6)62-30-18-20-33-67(62)78)80-70-36-23-21-34-68(70)79(69-35-22-24-37-71(69)80)58-42-46-74-72(53-58)63-31-25-26-38-73(63)81(74,49-13-9-3)50-14-10-4/h17-26,29-48,53-55H,7-16,27-28,49-52H2,1-6H3. The van der Waals surface area contributed by atoms with E-state index in [9.17, 15) is 0 Å². The molecule has 2 aliphatic carbocycles. The predicted molar refractivity (Wildman–Crippen MR) is 360 cm³/mol. The fraction of sp³-hybridized carbons (Fsp3) is 0.293. The Morgan fingerprint density at radius 2 is 0.687 bits per heavy atom. The third kappa shape index (κ3) is 9.29. The molecule has 0 spiro atoms. The van der Waals surface area contributed by atoms with Crippen LogP contribution in [0.2, 0.25) is 0 Å². The molecule has 0 heterocycles. The molecule has 11 aromatic carbocycles. The summed E-state index contributed by atoms with van der Waals surface area (Å²) in [5, 5.41) is 10.4. The molecule has 0 aliphatic heterocycles. The molecule has 83 heavy (non-hydrogen) atoms. The Morgan fingerprint density at radius 1 is 0.289 bits per heavy atom. The second-order valence-corrected chi connectivity index (χ2v) is 24.9. The lowest BCUT2D eigenvalue weighted by atomic mass is 9.70. The number of anilines is 3. The Bertz CT molecular complexity index is 4040. The van der Waals surface area contributed by atoms with Crippen molar-refractivity contribution < 1.29 is 0 Å². The molecule has 0 saturated carbocycles. The molecular formula is C82H83N. The minimum Gasteiger partial charge on any atom is -0.309 e. The van der Waals surface area contributed by atoms with Crippen LogP contribution in [0, 0.1) is 13.8 Å². The van der Waals surface area contributed by atoms with Gasteiger partial charge in [-0.15, -0.1) is 0 Å². The van der Waals surface area contributed by atoms with Crippen LogP contribution in [0.25, 0.3) is 87.6 Å². The molecular weight excluding hydrogens is 999 g/mol. The smallest absolute Gasteiger partial charge is 0.0540 e. The van der Waals surface area contributed by atoms with Crippen molar-refractivity contribution in [2.24, 2.45) is 0 Å². The maximum Gasteiger partial charge on any atom is 0.0540 e. The highest BCUT2D eigenvalue weighted by molar-refractivity contribution is 6.22. The second-order valence-electron chi connectivity index (χ2n) is 24.9. The number of hydrogen-bond acceptors (Lipinski definition) is 1. The van der Waals surface area contributed by atoms with Gasteiger partial charge < -0.3 is 4.90 Å². The van der Waals surface area contributed by atoms with Crippen molar-refractivity contribution >= 4 is 60.2 Å². The van der Waals surface area contributed by atoms with Crippen LogP contribution in [0.15, 0.2) is 200 Å². The van der Waals surface area contributed by atoms with Crippen molar-refractivity contribution in [3.8, 4) is 44.5 Å². The van der Waals surface area contributed by atoms with E-state index in [0.29, 0.717) is 0 Å². The SMILES string of the molecule is CCCCCCC1(CCCCCC)c2cc(-c3c4ccccc4c(-c4ccc5c(c4)-c4ccccc4C5(CCCC)CCCC)c4ccccc34)ccc2-c2ccc(N(c3ccc(C)c4ccccc34)c3ccc(C)c4ccccc34)cc21. The third-order valence-corrected chi connectivity index (χ3v) is 19.9. The third-order valence-electron chi connectivity index (χ3n) is 19.9. The summed E-state index contributed by atoms with van der Waals surface area (Å²) >= 11 is 0. The summed E-state index contributed by atoms with van der Waals surface area (Å²) in [6, 6.07) is 78.5. The quantitative estimate of drug-likeness (QED) is 0.0512. The highest BCUT2D eigenvalue weighted by Crippen LogP contribution is 2.59. The van der Waals surface area contributed by atoms with Gasteiger partial charge in [0.15, 0.2) is 0 Å². The van der Waals surface area contributed by atoms with Gasteiger partial charge in [0, 0.05) is 27.3 Å². The first kappa shape index (κ1) is 54.5. The Balaban J connectivity index is 1.01. The molecule has 0 bridgehead atoms. The first-order valence-electron chi connectivity index (χ1n) is 32.1. The van der Waals surface area contributed by atoms with Crippen LogP contribution in [0.4, 0.5) is 17.1 Å². The van der Waals surface area contributed by atoms with Crippen molar-refractivity contribution in [3.63, 3.8) is 0 Å². The summed E-state index contributed by atoms with van der Waals surface area (Å²) in [7, 11) is 0. The molecule has 0 saturated heterocycles. The van der Waals surface area contributed by atoms with Crippen molar-refractivity contribution in [2.75, 3.05) is 4.90 Å². The zero-order valence-electron chi connectivity index (χ0n) is 50.3. The maximum absolute atomic E-state index is 2.69. The highest BCUT2D eigenvalue weighted by Gasteiger charge is 2.44. The van der Waals surface area contributed by atoms with Crippen LogP contribution in [0.5, 0.6) is 0 Å². The summed E-state index contributed by atoms with van der Waals surface area (Å²) in [4.78, 5) is 2.60. The van der Waals surface area contributed by atoms with E-state index in [4.69, 9.17) is 0 Å². The van der Waals surface area contributed by atoms with Gasteiger partial charge in [-0.2, -0.15) is 0 Å². The van der Waals surface area contributed by atoms with Gasteiger partial charge in [-0.05, 0) is 186 Å². The molecule has 13 rings (SSSR count). The lowest BCUT2D eigenvalue weighted by Crippen LogP contribution is -2.26. The number of aryl methyl sites for hydroxylation is 2. The number of hydrogen-bond donors (Lipinski definition) is 0. The summed E-state index contributed by atoms with van der Waals surface area (Å²) in [6.45, 7) is 13.9. The topological polar surface area (TPSA) is 3.24 Å². The summed E-state index contributed by atoms with van der Waals surface area (Å²) in [5.41, 5.74) is 23.2. The maximum atomic E-state index is 2.69. The van der Waals surface area contributed by atoms with Gasteiger partial charge in [-0.3, -0.25) is 0 Å². The van der Waals surface area contributed by atoms with E-state index in [2.05, 4.69) is 247 Å². The van der Waals surface area contributed by atoms with Crippen LogP contribution in [-0.2, 0) is 10.8 Å². The zero-order chi connectivity index (χ0) is 56.7. The number of nitrogens with zero attached hydrogens (tertiary/aromatic N) is 1. The predicted octanol–water partition coefficient (Wildman–Crippen LogP) is 24.6. The largest absolute Gasteiger partial charge is 0.309 e. The second kappa shape index (κ2) is 23.1. The molecule has 0 unspecified atom stereocenters. The molecule has 0 N–H and O–H groups in total. The highest BCUT2D eigenvalue weighted by atomic mass is 15.1. The van der Waals surface area contributed by atoms with E-state index in [1.54, 1.807) is 0 Å². The van der Waals surface area contributed by atoms with E-state index in [-0.39, 0.29) is 10.8 Å². The normalized spacial score (nSPS) is 13.7. The molecule has 0 aromatic heterocycles. The fourth-order valence-electron chi connectivity index (χ4n) is 15.8. The van der Waals surface area contributed by atoms with Gasteiger partial charge in [-0.25, -0.2) is 0 Å². The lowest BCUT2D eigenvalue weighted by Gasteiger charge is -2.35. The lowest BCUT2D eigenvalue weighted by molar-refractivity contribution is 0.401. The van der Waals surface area contributed by atoms with E-state index in [1.165, 1.54) is 228 Å². The number of benzene rings is 11. The molecule has 1 heteroatoms. The fourth-order valence-corrected chi connectivity index (χ4v) is 15.8. The van der Waals surface area contributed by atoms with Gasteiger partial charge >= 0.3 is 0 Å². The first-order valence-corrected chi connectivity index (χ1v) is 32.1. The van der Waals surface area contributed by atoms with Crippen molar-refractivity contribution in [2.45, 2.75) is 155 Å². The van der Waals surface area contributed by atoms with Crippen LogP contribution >= 0.6 is 0 Å². The van der Waals surface area contributed by atoms with E-state index >= 15 is 0 Å². The Kier molecular flexibility index (Phi) is 15.2. The van der Waals surface area contributed by atoms with Crippen LogP contribution < -0.4 is 4.90 Å². The monoisotopic (exact) mass is 1080 g/mol. The average Bonchev–Trinajstić information content (AvgIpc) is 3.15. The minimum atomic E-state index is -0.162. The van der Waals surface area contributed by atoms with Crippen molar-refractivity contribution in [1.82, 2.24) is 0 Å². The van der Waals surface area contributed by atoms with Gasteiger partial charge in [-0.1, -0.05) is 269 Å². The van der Waals surface area contributed by atoms with Gasteiger partial charge in [0.2, 0.25) is 0 Å². The number of fused-ring (bicyclic) bond motifs is 10. The Morgan fingerprint density at radius 3 is 1.22 bits per heavy atom. The first-order chi connectivity index (χ1) is 40.8. The molecule has 416 valence electrons. The molecule has 0 radical (unpaired) electrons. The van der Waals surface area contributed by atoms with E-state index in [0.717, 1.165) is 12.8 Å².